The first-order chi connectivity index (χ1) is 22.1. The van der Waals surface area contributed by atoms with E-state index in [0.29, 0.717) is 5.41 Å². The molecule has 9 rings (SSSR count). The molecule has 0 aromatic rings. The first-order valence-electron chi connectivity index (χ1n) is 22.1. The first kappa shape index (κ1) is 31.0. The zero-order chi connectivity index (χ0) is 30.1. The van der Waals surface area contributed by atoms with Crippen molar-refractivity contribution in [2.24, 2.45) is 100 Å². The minimum Gasteiger partial charge on any atom is -0.0594 e. The molecule has 0 saturated heterocycles. The maximum absolute atomic E-state index is 2.73. The monoisotopic (exact) mass is 615 g/mol. The molecule has 254 valence electrons. The molecule has 0 aromatic heterocycles. The van der Waals surface area contributed by atoms with Crippen LogP contribution in [0.3, 0.4) is 0 Å². The van der Waals surface area contributed by atoms with Crippen LogP contribution in [-0.4, -0.2) is 0 Å². The molecule has 9 saturated carbocycles. The van der Waals surface area contributed by atoms with Crippen LogP contribution in [0.15, 0.2) is 0 Å². The molecule has 16 atom stereocenters. The third-order valence-electron chi connectivity index (χ3n) is 19.1. The molecule has 0 aliphatic heterocycles. The van der Waals surface area contributed by atoms with Crippen molar-refractivity contribution < 1.29 is 0 Å². The molecule has 0 nitrogen and oxygen atoms in total. The van der Waals surface area contributed by atoms with E-state index in [4.69, 9.17) is 0 Å². The quantitative estimate of drug-likeness (QED) is 0.297. The van der Waals surface area contributed by atoms with Gasteiger partial charge in [-0.05, 0) is 209 Å². The fraction of sp³-hybridized carbons (Fsp3) is 1.00. The van der Waals surface area contributed by atoms with Crippen molar-refractivity contribution in [2.75, 3.05) is 0 Å². The Morgan fingerprint density at radius 2 is 0.667 bits per heavy atom. The van der Waals surface area contributed by atoms with E-state index in [-0.39, 0.29) is 0 Å². The van der Waals surface area contributed by atoms with Crippen LogP contribution in [0.2, 0.25) is 0 Å². The van der Waals surface area contributed by atoms with Gasteiger partial charge in [0, 0.05) is 0 Å². The van der Waals surface area contributed by atoms with Gasteiger partial charge in [-0.1, -0.05) is 71.6 Å². The van der Waals surface area contributed by atoms with E-state index in [1.54, 1.807) is 161 Å². The molecule has 0 spiro atoms. The fourth-order valence-corrected chi connectivity index (χ4v) is 17.3. The number of fused-ring (bicyclic) bond motifs is 7. The summed E-state index contributed by atoms with van der Waals surface area (Å²) < 4.78 is 0. The minimum absolute atomic E-state index is 0.633. The topological polar surface area (TPSA) is 0 Å². The van der Waals surface area contributed by atoms with E-state index in [9.17, 15) is 0 Å². The average molecular weight is 615 g/mol. The SMILES string of the molecule is CC1(C)C2CCCCC2C2CCC(C3CCC4CC(C5CCCCC5C5CC6CCCCC6C6CCCCC65)CCC4C3)CC21. The van der Waals surface area contributed by atoms with Crippen LogP contribution < -0.4 is 0 Å². The van der Waals surface area contributed by atoms with Gasteiger partial charge in [0.15, 0.2) is 0 Å². The Morgan fingerprint density at radius 1 is 0.267 bits per heavy atom. The van der Waals surface area contributed by atoms with Crippen LogP contribution >= 0.6 is 0 Å². The van der Waals surface area contributed by atoms with E-state index < -0.39 is 0 Å². The number of hydrogen-bond donors (Lipinski definition) is 0. The fourth-order valence-electron chi connectivity index (χ4n) is 17.3. The number of rotatable bonds is 3. The van der Waals surface area contributed by atoms with Gasteiger partial charge in [0.05, 0.1) is 0 Å². The normalized spacial score (nSPS) is 54.5. The maximum atomic E-state index is 2.73. The molecule has 9 aliphatic rings. The Hall–Kier alpha value is 0. The highest BCUT2D eigenvalue weighted by Crippen LogP contribution is 2.65. The van der Waals surface area contributed by atoms with Gasteiger partial charge < -0.3 is 0 Å². The molecule has 0 heteroatoms. The lowest BCUT2D eigenvalue weighted by Crippen LogP contribution is -2.48. The minimum atomic E-state index is 0.633. The summed E-state index contributed by atoms with van der Waals surface area (Å²) in [4.78, 5) is 0. The Morgan fingerprint density at radius 3 is 1.33 bits per heavy atom. The Balaban J connectivity index is 0.847. The Bertz CT molecular complexity index is 1010. The van der Waals surface area contributed by atoms with Crippen molar-refractivity contribution in [3.8, 4) is 0 Å². The van der Waals surface area contributed by atoms with Crippen molar-refractivity contribution >= 4 is 0 Å². The lowest BCUT2D eigenvalue weighted by molar-refractivity contribution is -0.0684. The third-order valence-corrected chi connectivity index (χ3v) is 19.1. The molecule has 9 aliphatic carbocycles. The van der Waals surface area contributed by atoms with Crippen LogP contribution in [0, 0.1) is 100 Å². The molecule has 0 amide bonds. The maximum Gasteiger partial charge on any atom is -0.0292 e. The van der Waals surface area contributed by atoms with E-state index >= 15 is 0 Å². The second-order valence-electron chi connectivity index (χ2n) is 20.7. The Labute approximate surface area is 280 Å². The van der Waals surface area contributed by atoms with Crippen molar-refractivity contribution in [1.82, 2.24) is 0 Å². The summed E-state index contributed by atoms with van der Waals surface area (Å²) in [5, 5.41) is 0. The summed E-state index contributed by atoms with van der Waals surface area (Å²) in [6, 6.07) is 0. The van der Waals surface area contributed by atoms with Crippen LogP contribution in [0.25, 0.3) is 0 Å². The van der Waals surface area contributed by atoms with Gasteiger partial charge in [-0.15, -0.1) is 0 Å². The summed E-state index contributed by atoms with van der Waals surface area (Å²) >= 11 is 0. The summed E-state index contributed by atoms with van der Waals surface area (Å²) in [5.74, 6) is 17.8. The third kappa shape index (κ3) is 5.48. The highest BCUT2D eigenvalue weighted by Gasteiger charge is 2.57. The van der Waals surface area contributed by atoms with Crippen molar-refractivity contribution in [3.05, 3.63) is 0 Å². The zero-order valence-electron chi connectivity index (χ0n) is 30.1. The summed E-state index contributed by atoms with van der Waals surface area (Å²) in [7, 11) is 0. The molecule has 45 heavy (non-hydrogen) atoms. The van der Waals surface area contributed by atoms with Crippen molar-refractivity contribution in [2.45, 2.75) is 181 Å². The predicted octanol–water partition coefficient (Wildman–Crippen LogP) is 13.1. The molecule has 0 N–H and O–H groups in total. The summed E-state index contributed by atoms with van der Waals surface area (Å²) in [6.07, 6.45) is 41.7. The molecule has 0 radical (unpaired) electrons. The molecular formula is C45H74. The van der Waals surface area contributed by atoms with Gasteiger partial charge >= 0.3 is 0 Å². The molecule has 0 heterocycles. The van der Waals surface area contributed by atoms with Crippen LogP contribution in [-0.2, 0) is 0 Å². The zero-order valence-corrected chi connectivity index (χ0v) is 30.1. The van der Waals surface area contributed by atoms with Crippen LogP contribution in [0.5, 0.6) is 0 Å². The van der Waals surface area contributed by atoms with Gasteiger partial charge in [-0.25, -0.2) is 0 Å². The van der Waals surface area contributed by atoms with E-state index in [2.05, 4.69) is 13.8 Å². The predicted molar refractivity (Wildman–Crippen MR) is 190 cm³/mol. The molecular weight excluding hydrogens is 540 g/mol. The number of hydrogen-bond acceptors (Lipinski definition) is 0. The molecule has 0 bridgehead atoms. The highest BCUT2D eigenvalue weighted by atomic mass is 14.6. The molecule has 9 fully saturated rings. The first-order valence-corrected chi connectivity index (χ1v) is 22.1. The highest BCUT2D eigenvalue weighted by molar-refractivity contribution is 5.06. The average Bonchev–Trinajstić information content (AvgIpc) is 3.33. The standard InChI is InChI=1S/C45H74/c1-45(2)43-18-10-9-17-40(43)41-24-23-32(28-44(41)45)30-19-20-31-26-34(22-21-29(31)25-30)36-13-5-6-15-38(36)42-27-33-11-3-4-12-35(33)37-14-7-8-16-39(37)42/h29-44H,3-28H2,1-2H3. The van der Waals surface area contributed by atoms with E-state index in [1.807, 2.05) is 0 Å². The summed E-state index contributed by atoms with van der Waals surface area (Å²) in [5.41, 5.74) is 0.633. The molecule has 0 aromatic carbocycles. The van der Waals surface area contributed by atoms with Gasteiger partial charge in [0.2, 0.25) is 0 Å². The lowest BCUT2D eigenvalue weighted by Gasteiger charge is -2.56. The second-order valence-corrected chi connectivity index (χ2v) is 20.7. The van der Waals surface area contributed by atoms with E-state index in [0.717, 1.165) is 94.7 Å². The summed E-state index contributed by atoms with van der Waals surface area (Å²) in [6.45, 7) is 5.46. The van der Waals surface area contributed by atoms with Crippen molar-refractivity contribution in [1.29, 1.82) is 0 Å². The van der Waals surface area contributed by atoms with Crippen LogP contribution in [0.4, 0.5) is 0 Å². The van der Waals surface area contributed by atoms with Gasteiger partial charge in [-0.3, -0.25) is 0 Å². The largest absolute Gasteiger partial charge is 0.0594 e. The smallest absolute Gasteiger partial charge is 0.0292 e. The lowest BCUT2D eigenvalue weighted by atomic mass is 9.49. The van der Waals surface area contributed by atoms with Gasteiger partial charge in [0.25, 0.3) is 0 Å². The van der Waals surface area contributed by atoms with Crippen molar-refractivity contribution in [3.63, 3.8) is 0 Å². The van der Waals surface area contributed by atoms with Crippen LogP contribution in [0.1, 0.15) is 181 Å². The van der Waals surface area contributed by atoms with Gasteiger partial charge in [0.1, 0.15) is 0 Å². The second kappa shape index (κ2) is 12.7. The molecule has 16 unspecified atom stereocenters. The Kier molecular flexibility index (Phi) is 8.76. The van der Waals surface area contributed by atoms with E-state index in [1.165, 1.54) is 6.42 Å². The van der Waals surface area contributed by atoms with Gasteiger partial charge in [-0.2, -0.15) is 0 Å².